The van der Waals surface area contributed by atoms with Gasteiger partial charge in [-0.3, -0.25) is 9.59 Å². The molecular formula is C35H46N4O4Si. The van der Waals surface area contributed by atoms with Crippen LogP contribution in [0.1, 0.15) is 64.0 Å². The maximum atomic E-state index is 13.5. The smallest absolute Gasteiger partial charge is 0.250 e. The van der Waals surface area contributed by atoms with Gasteiger partial charge in [0.15, 0.2) is 5.66 Å². The van der Waals surface area contributed by atoms with Crippen molar-refractivity contribution in [2.24, 2.45) is 16.1 Å². The Balaban J connectivity index is 1.37. The Bertz CT molecular complexity index is 1520. The van der Waals surface area contributed by atoms with Gasteiger partial charge in [-0.15, -0.1) is 12.3 Å². The number of amides is 1. The summed E-state index contributed by atoms with van der Waals surface area (Å²) in [5, 5.41) is 12.6. The molecule has 1 atom stereocenters. The fourth-order valence-corrected chi connectivity index (χ4v) is 6.06. The number of aryl methyl sites for hydroxylation is 1. The minimum Gasteiger partial charge on any atom is -0.544 e. The normalized spacial score (nSPS) is 14.6. The molecule has 1 unspecified atom stereocenters. The van der Waals surface area contributed by atoms with Gasteiger partial charge < -0.3 is 19.5 Å². The van der Waals surface area contributed by atoms with Gasteiger partial charge in [0.05, 0.1) is 13.0 Å². The second-order valence-electron chi connectivity index (χ2n) is 13.2. The Labute approximate surface area is 262 Å². The molecule has 44 heavy (non-hydrogen) atoms. The molecule has 0 fully saturated rings. The molecule has 0 radical (unpaired) electrons. The van der Waals surface area contributed by atoms with Crippen LogP contribution in [-0.4, -0.2) is 44.3 Å². The Kier molecular flexibility index (Phi) is 10.4. The number of ether oxygens (including phenoxy) is 1. The summed E-state index contributed by atoms with van der Waals surface area (Å²) < 4.78 is 11.8. The van der Waals surface area contributed by atoms with Crippen molar-refractivity contribution in [1.29, 1.82) is 0 Å². The van der Waals surface area contributed by atoms with Crippen LogP contribution in [0, 0.1) is 18.3 Å². The average Bonchev–Trinajstić information content (AvgIpc) is 3.65. The van der Waals surface area contributed by atoms with Gasteiger partial charge in [-0.1, -0.05) is 32.9 Å². The van der Waals surface area contributed by atoms with Crippen molar-refractivity contribution in [2.75, 3.05) is 13.7 Å². The summed E-state index contributed by atoms with van der Waals surface area (Å²) in [6.45, 7) is 11.5. The minimum absolute atomic E-state index is 0.0753. The van der Waals surface area contributed by atoms with Crippen LogP contribution in [0.5, 0.6) is 11.5 Å². The highest BCUT2D eigenvalue weighted by Gasteiger charge is 2.41. The average molecular weight is 615 g/mol. The molecule has 0 saturated carbocycles. The van der Waals surface area contributed by atoms with E-state index in [0.717, 1.165) is 33.5 Å². The molecule has 1 aliphatic heterocycles. The number of rotatable bonds is 16. The first-order chi connectivity index (χ1) is 20.9. The first kappa shape index (κ1) is 33.0. The number of benzene rings is 2. The second-order valence-corrected chi connectivity index (χ2v) is 17.9. The van der Waals surface area contributed by atoms with Crippen LogP contribution in [0.2, 0.25) is 18.1 Å². The number of aromatic nitrogens is 1. The molecule has 2 heterocycles. The molecule has 1 amide bonds. The first-order valence-corrected chi connectivity index (χ1v) is 18.4. The van der Waals surface area contributed by atoms with E-state index in [1.807, 2.05) is 48.7 Å². The van der Waals surface area contributed by atoms with Crippen molar-refractivity contribution in [1.82, 2.24) is 10.3 Å². The standard InChI is InChI=1S/C35H46N4O4Si/c1-8-9-20-35(38-39-35)21-18-29(33(41)36-22-19-26-24-37-31-16-15-28(42-5)23-30(26)31)32(40)17-12-25-10-13-27(14-11-25)43-44(6,7)34(2,3)4/h1,10-11,13-16,23-24,29,37H,9,12,17-22H2,2-7H3,(H,36,41). The van der Waals surface area contributed by atoms with Gasteiger partial charge in [0, 0.05) is 42.9 Å². The summed E-state index contributed by atoms with van der Waals surface area (Å²) in [6, 6.07) is 13.9. The third-order valence-corrected chi connectivity index (χ3v) is 13.4. The van der Waals surface area contributed by atoms with Crippen LogP contribution in [-0.2, 0) is 22.4 Å². The van der Waals surface area contributed by atoms with Crippen molar-refractivity contribution in [3.63, 3.8) is 0 Å². The minimum atomic E-state index is -1.93. The van der Waals surface area contributed by atoms with Crippen molar-refractivity contribution >= 4 is 30.9 Å². The highest BCUT2D eigenvalue weighted by molar-refractivity contribution is 6.74. The molecule has 9 heteroatoms. The number of carbonyl (C=O) groups is 2. The molecule has 234 valence electrons. The molecule has 2 aromatic carbocycles. The highest BCUT2D eigenvalue weighted by Crippen LogP contribution is 2.39. The Morgan fingerprint density at radius 2 is 1.77 bits per heavy atom. The van der Waals surface area contributed by atoms with Gasteiger partial charge >= 0.3 is 0 Å². The van der Waals surface area contributed by atoms with Crippen LogP contribution < -0.4 is 14.5 Å². The van der Waals surface area contributed by atoms with Gasteiger partial charge in [-0.05, 0) is 85.3 Å². The largest absolute Gasteiger partial charge is 0.544 e. The fraction of sp³-hybridized carbons (Fsp3) is 0.486. The van der Waals surface area contributed by atoms with Crippen LogP contribution in [0.3, 0.4) is 0 Å². The van der Waals surface area contributed by atoms with Crippen LogP contribution in [0.4, 0.5) is 0 Å². The maximum absolute atomic E-state index is 13.5. The monoisotopic (exact) mass is 614 g/mol. The third-order valence-electron chi connectivity index (χ3n) is 9.02. The molecule has 0 saturated heterocycles. The number of terminal acetylenes is 1. The molecule has 2 N–H and O–H groups in total. The molecule has 4 rings (SSSR count). The fourth-order valence-electron chi connectivity index (χ4n) is 5.03. The van der Waals surface area contributed by atoms with E-state index in [2.05, 4.69) is 60.3 Å². The lowest BCUT2D eigenvalue weighted by Gasteiger charge is -2.36. The summed E-state index contributed by atoms with van der Waals surface area (Å²) in [4.78, 5) is 30.2. The van der Waals surface area contributed by atoms with E-state index < -0.39 is 19.9 Å². The number of ketones is 1. The molecule has 0 aliphatic carbocycles. The Morgan fingerprint density at radius 3 is 2.41 bits per heavy atom. The Morgan fingerprint density at radius 1 is 1.07 bits per heavy atom. The SMILES string of the molecule is C#CCCC1(CCC(C(=O)CCc2ccc(O[Si](C)(C)C(C)(C)C)cc2)C(=O)NCCc2c[nH]c3ccc(OC)cc23)N=N1. The summed E-state index contributed by atoms with van der Waals surface area (Å²) in [5.74, 6) is 3.17. The summed E-state index contributed by atoms with van der Waals surface area (Å²) in [7, 11) is -0.292. The maximum Gasteiger partial charge on any atom is 0.250 e. The lowest BCUT2D eigenvalue weighted by Crippen LogP contribution is -2.43. The summed E-state index contributed by atoms with van der Waals surface area (Å²) in [6.07, 6.45) is 11.0. The molecule has 1 aromatic heterocycles. The number of methoxy groups -OCH3 is 1. The number of nitrogens with one attached hydrogen (secondary N) is 2. The van der Waals surface area contributed by atoms with Crippen LogP contribution in [0.25, 0.3) is 10.9 Å². The predicted molar refractivity (Wildman–Crippen MR) is 178 cm³/mol. The first-order valence-electron chi connectivity index (χ1n) is 15.5. The third kappa shape index (κ3) is 8.38. The topological polar surface area (TPSA) is 105 Å². The Hall–Kier alpha value is -3.90. The van der Waals surface area contributed by atoms with Crippen molar-refractivity contribution in [3.8, 4) is 23.8 Å². The van der Waals surface area contributed by atoms with Gasteiger partial charge in [0.2, 0.25) is 14.2 Å². The van der Waals surface area contributed by atoms with Gasteiger partial charge in [-0.25, -0.2) is 0 Å². The van der Waals surface area contributed by atoms with Gasteiger partial charge in [-0.2, -0.15) is 10.2 Å². The van der Waals surface area contributed by atoms with E-state index in [1.165, 1.54) is 0 Å². The van der Waals surface area contributed by atoms with Gasteiger partial charge in [0.1, 0.15) is 17.3 Å². The van der Waals surface area contributed by atoms with Crippen molar-refractivity contribution < 1.29 is 18.8 Å². The number of nitrogens with zero attached hydrogens (tertiary/aromatic N) is 2. The highest BCUT2D eigenvalue weighted by atomic mass is 28.4. The van der Waals surface area contributed by atoms with Crippen molar-refractivity contribution in [3.05, 3.63) is 59.8 Å². The molecule has 0 bridgehead atoms. The van der Waals surface area contributed by atoms with E-state index in [4.69, 9.17) is 15.6 Å². The summed E-state index contributed by atoms with van der Waals surface area (Å²) >= 11 is 0. The van der Waals surface area contributed by atoms with Gasteiger partial charge in [0.25, 0.3) is 0 Å². The quantitative estimate of drug-likeness (QED) is 0.0997. The lowest BCUT2D eigenvalue weighted by atomic mass is 9.89. The number of H-pyrrole nitrogens is 1. The number of fused-ring (bicyclic) bond motifs is 1. The number of hydrogen-bond acceptors (Lipinski definition) is 6. The number of Topliss-reactive ketones (excluding diaryl/α,β-unsaturated/α-hetero) is 1. The van der Waals surface area contributed by atoms with E-state index in [1.54, 1.807) is 7.11 Å². The van der Waals surface area contributed by atoms with Crippen LogP contribution in [0.15, 0.2) is 58.9 Å². The number of aromatic amines is 1. The van der Waals surface area contributed by atoms with Crippen LogP contribution >= 0.6 is 0 Å². The predicted octanol–water partition coefficient (Wildman–Crippen LogP) is 7.39. The number of carbonyl (C=O) groups excluding carboxylic acids is 2. The zero-order valence-electron chi connectivity index (χ0n) is 27.0. The van der Waals surface area contributed by atoms with E-state index in [9.17, 15) is 9.59 Å². The zero-order valence-corrected chi connectivity index (χ0v) is 28.0. The molecule has 1 aliphatic rings. The lowest BCUT2D eigenvalue weighted by molar-refractivity contribution is -0.134. The number of hydrogen-bond donors (Lipinski definition) is 2. The van der Waals surface area contributed by atoms with E-state index in [0.29, 0.717) is 45.1 Å². The van der Waals surface area contributed by atoms with E-state index in [-0.39, 0.29) is 23.1 Å². The molecule has 3 aromatic rings. The summed E-state index contributed by atoms with van der Waals surface area (Å²) in [5.41, 5.74) is 2.57. The molecular weight excluding hydrogens is 568 g/mol. The van der Waals surface area contributed by atoms with Crippen molar-refractivity contribution in [2.45, 2.75) is 89.5 Å². The molecule has 0 spiro atoms. The van der Waals surface area contributed by atoms with E-state index >= 15 is 0 Å². The second kappa shape index (κ2) is 13.8. The molecule has 8 nitrogen and oxygen atoms in total. The zero-order chi connectivity index (χ0) is 32.0.